The number of hydrogen-bond acceptors (Lipinski definition) is 4. The summed E-state index contributed by atoms with van der Waals surface area (Å²) in [4.78, 5) is 2.84. The number of sulfone groups is 1. The molecule has 0 radical (unpaired) electrons. The topological polar surface area (TPSA) is 61.2 Å². The van der Waals surface area contributed by atoms with Gasteiger partial charge in [0.1, 0.15) is 0 Å². The minimum absolute atomic E-state index is 0.00944. The highest BCUT2D eigenvalue weighted by molar-refractivity contribution is 7.90. The Morgan fingerprint density at radius 3 is 2.25 bits per heavy atom. The standard InChI is InChI=1S/C23H28N2O2S/c1-3-11-25(12-4-2)22-14-20-8-5-19(13-21(20)15-22)17-28(26,27)23-9-6-18(16-24)7-10-23/h5-10,13,22H,3-4,11-12,14-15,17H2,1-2H3. The first-order chi connectivity index (χ1) is 13.5. The second-order valence-electron chi connectivity index (χ2n) is 7.60. The van der Waals surface area contributed by atoms with Gasteiger partial charge in [-0.1, -0.05) is 32.0 Å². The van der Waals surface area contributed by atoms with Gasteiger partial charge in [-0.15, -0.1) is 0 Å². The Morgan fingerprint density at radius 1 is 1.00 bits per heavy atom. The summed E-state index contributed by atoms with van der Waals surface area (Å²) in [6.45, 7) is 6.67. The first-order valence-corrected chi connectivity index (χ1v) is 11.7. The van der Waals surface area contributed by atoms with Crippen molar-refractivity contribution in [1.82, 2.24) is 4.90 Å². The highest BCUT2D eigenvalue weighted by atomic mass is 32.2. The smallest absolute Gasteiger partial charge is 0.182 e. The quantitative estimate of drug-likeness (QED) is 0.673. The summed E-state index contributed by atoms with van der Waals surface area (Å²) in [5.41, 5.74) is 3.93. The third-order valence-electron chi connectivity index (χ3n) is 5.42. The van der Waals surface area contributed by atoms with Crippen molar-refractivity contribution >= 4 is 9.84 Å². The van der Waals surface area contributed by atoms with Gasteiger partial charge in [-0.3, -0.25) is 4.90 Å². The first-order valence-electron chi connectivity index (χ1n) is 10.0. The molecule has 28 heavy (non-hydrogen) atoms. The molecule has 2 aromatic carbocycles. The van der Waals surface area contributed by atoms with Crippen molar-refractivity contribution in [3.63, 3.8) is 0 Å². The van der Waals surface area contributed by atoms with E-state index in [4.69, 9.17) is 5.26 Å². The Bertz CT molecular complexity index is 953. The highest BCUT2D eigenvalue weighted by Gasteiger charge is 2.26. The lowest BCUT2D eigenvalue weighted by Gasteiger charge is -2.27. The Balaban J connectivity index is 1.75. The van der Waals surface area contributed by atoms with E-state index < -0.39 is 9.84 Å². The Hall–Kier alpha value is -2.16. The number of fused-ring (bicyclic) bond motifs is 1. The normalized spacial score (nSPS) is 16.1. The molecular formula is C23H28N2O2S. The number of nitriles is 1. The maximum absolute atomic E-state index is 12.8. The molecule has 0 aromatic heterocycles. The van der Waals surface area contributed by atoms with Crippen molar-refractivity contribution in [2.75, 3.05) is 13.1 Å². The van der Waals surface area contributed by atoms with E-state index in [-0.39, 0.29) is 10.6 Å². The average Bonchev–Trinajstić information content (AvgIpc) is 3.11. The molecule has 0 bridgehead atoms. The lowest BCUT2D eigenvalue weighted by molar-refractivity contribution is 0.202. The van der Waals surface area contributed by atoms with Crippen LogP contribution in [0.4, 0.5) is 0 Å². The van der Waals surface area contributed by atoms with Gasteiger partial charge in [0.05, 0.1) is 22.3 Å². The minimum Gasteiger partial charge on any atom is -0.300 e. The van der Waals surface area contributed by atoms with Crippen LogP contribution in [0, 0.1) is 11.3 Å². The molecule has 148 valence electrons. The summed E-state index contributed by atoms with van der Waals surface area (Å²) in [6.07, 6.45) is 4.36. The molecule has 0 saturated heterocycles. The molecule has 3 rings (SSSR count). The van der Waals surface area contributed by atoms with E-state index in [1.165, 1.54) is 23.3 Å². The van der Waals surface area contributed by atoms with Crippen LogP contribution in [0.25, 0.3) is 0 Å². The van der Waals surface area contributed by atoms with Crippen molar-refractivity contribution in [2.45, 2.75) is 56.2 Å². The molecule has 0 fully saturated rings. The number of benzene rings is 2. The summed E-state index contributed by atoms with van der Waals surface area (Å²) in [5, 5.41) is 8.88. The summed E-state index contributed by atoms with van der Waals surface area (Å²) in [7, 11) is -3.42. The molecule has 0 amide bonds. The third-order valence-corrected chi connectivity index (χ3v) is 7.12. The van der Waals surface area contributed by atoms with Crippen molar-refractivity contribution in [3.8, 4) is 6.07 Å². The Morgan fingerprint density at radius 2 is 1.64 bits per heavy atom. The number of nitrogens with zero attached hydrogens (tertiary/aromatic N) is 2. The van der Waals surface area contributed by atoms with E-state index in [9.17, 15) is 8.42 Å². The molecule has 2 aromatic rings. The predicted molar refractivity (Wildman–Crippen MR) is 112 cm³/mol. The van der Waals surface area contributed by atoms with Gasteiger partial charge in [-0.05, 0) is 79.7 Å². The lowest BCUT2D eigenvalue weighted by atomic mass is 10.1. The van der Waals surface area contributed by atoms with Gasteiger partial charge in [0.15, 0.2) is 9.84 Å². The van der Waals surface area contributed by atoms with Crippen LogP contribution in [-0.2, 0) is 28.4 Å². The fourth-order valence-electron chi connectivity index (χ4n) is 4.09. The summed E-state index contributed by atoms with van der Waals surface area (Å²) >= 11 is 0. The molecule has 0 saturated carbocycles. The molecule has 0 aliphatic heterocycles. The fourth-order valence-corrected chi connectivity index (χ4v) is 5.42. The van der Waals surface area contributed by atoms with Gasteiger partial charge in [0, 0.05) is 6.04 Å². The summed E-state index contributed by atoms with van der Waals surface area (Å²) in [5.74, 6) is -0.00944. The van der Waals surface area contributed by atoms with Crippen LogP contribution in [0.2, 0.25) is 0 Å². The van der Waals surface area contributed by atoms with E-state index in [0.717, 1.165) is 44.3 Å². The summed E-state index contributed by atoms with van der Waals surface area (Å²) in [6, 6.07) is 14.8. The zero-order valence-corrected chi connectivity index (χ0v) is 17.5. The summed E-state index contributed by atoms with van der Waals surface area (Å²) < 4.78 is 25.5. The van der Waals surface area contributed by atoms with Crippen molar-refractivity contribution < 1.29 is 8.42 Å². The Kier molecular flexibility index (Phi) is 6.53. The molecule has 0 heterocycles. The van der Waals surface area contributed by atoms with Crippen LogP contribution in [0.3, 0.4) is 0 Å². The molecule has 5 heteroatoms. The molecule has 1 aliphatic rings. The molecule has 1 atom stereocenters. The van der Waals surface area contributed by atoms with Gasteiger partial charge >= 0.3 is 0 Å². The van der Waals surface area contributed by atoms with Crippen LogP contribution in [-0.4, -0.2) is 32.4 Å². The molecule has 1 aliphatic carbocycles. The second kappa shape index (κ2) is 8.89. The monoisotopic (exact) mass is 396 g/mol. The predicted octanol–water partition coefficient (Wildman–Crippen LogP) is 4.12. The van der Waals surface area contributed by atoms with E-state index in [2.05, 4.69) is 30.9 Å². The van der Waals surface area contributed by atoms with Crippen molar-refractivity contribution in [2.24, 2.45) is 0 Å². The fraction of sp³-hybridized carbons (Fsp3) is 0.435. The number of hydrogen-bond donors (Lipinski definition) is 0. The third kappa shape index (κ3) is 4.63. The van der Waals surface area contributed by atoms with E-state index >= 15 is 0 Å². The molecular weight excluding hydrogens is 368 g/mol. The van der Waals surface area contributed by atoms with Crippen molar-refractivity contribution in [1.29, 1.82) is 5.26 Å². The average molecular weight is 397 g/mol. The second-order valence-corrected chi connectivity index (χ2v) is 9.59. The maximum Gasteiger partial charge on any atom is 0.182 e. The van der Waals surface area contributed by atoms with E-state index in [0.29, 0.717) is 11.6 Å². The van der Waals surface area contributed by atoms with Gasteiger partial charge < -0.3 is 0 Å². The van der Waals surface area contributed by atoms with Crippen LogP contribution in [0.5, 0.6) is 0 Å². The van der Waals surface area contributed by atoms with Gasteiger partial charge in [0.2, 0.25) is 0 Å². The van der Waals surface area contributed by atoms with Crippen molar-refractivity contribution in [3.05, 3.63) is 64.7 Å². The van der Waals surface area contributed by atoms with Crippen LogP contribution in [0.15, 0.2) is 47.4 Å². The molecule has 4 nitrogen and oxygen atoms in total. The van der Waals surface area contributed by atoms with Gasteiger partial charge in [0.25, 0.3) is 0 Å². The first kappa shape index (κ1) is 20.6. The van der Waals surface area contributed by atoms with Gasteiger partial charge in [-0.25, -0.2) is 8.42 Å². The van der Waals surface area contributed by atoms with Crippen LogP contribution >= 0.6 is 0 Å². The highest BCUT2D eigenvalue weighted by Crippen LogP contribution is 2.28. The Labute approximate surface area is 168 Å². The lowest BCUT2D eigenvalue weighted by Crippen LogP contribution is -2.37. The molecule has 0 spiro atoms. The van der Waals surface area contributed by atoms with E-state index in [1.807, 2.05) is 12.1 Å². The van der Waals surface area contributed by atoms with Crippen LogP contribution < -0.4 is 0 Å². The SMILES string of the molecule is CCCN(CCC)C1Cc2ccc(CS(=O)(=O)c3ccc(C#N)cc3)cc2C1. The maximum atomic E-state index is 12.8. The van der Waals surface area contributed by atoms with E-state index in [1.54, 1.807) is 12.1 Å². The van der Waals surface area contributed by atoms with Gasteiger partial charge in [-0.2, -0.15) is 5.26 Å². The largest absolute Gasteiger partial charge is 0.300 e. The zero-order chi connectivity index (χ0) is 20.1. The van der Waals surface area contributed by atoms with Crippen LogP contribution in [0.1, 0.15) is 48.9 Å². The molecule has 1 unspecified atom stereocenters. The molecule has 0 N–H and O–H groups in total. The zero-order valence-electron chi connectivity index (χ0n) is 16.7. The minimum atomic E-state index is -3.42. The number of rotatable bonds is 8.